The van der Waals surface area contributed by atoms with Crippen LogP contribution < -0.4 is 0 Å². The van der Waals surface area contributed by atoms with E-state index >= 15 is 0 Å². The molecule has 2 aromatic carbocycles. The van der Waals surface area contributed by atoms with Gasteiger partial charge in [-0.2, -0.15) is 8.78 Å². The first kappa shape index (κ1) is 18.4. The quantitative estimate of drug-likeness (QED) is 0.496. The normalized spacial score (nSPS) is 20.8. The molecule has 0 N–H and O–H groups in total. The van der Waals surface area contributed by atoms with Crippen molar-refractivity contribution in [3.63, 3.8) is 0 Å². The van der Waals surface area contributed by atoms with Crippen LogP contribution >= 0.6 is 11.8 Å². The molecule has 0 amide bonds. The van der Waals surface area contributed by atoms with Crippen LogP contribution in [0.5, 0.6) is 0 Å². The summed E-state index contributed by atoms with van der Waals surface area (Å²) in [7, 11) is 0. The lowest BCUT2D eigenvalue weighted by atomic mass is 9.79. The van der Waals surface area contributed by atoms with E-state index in [9.17, 15) is 8.78 Å². The fourth-order valence-electron chi connectivity index (χ4n) is 3.68. The summed E-state index contributed by atoms with van der Waals surface area (Å²) in [6.07, 6.45) is 7.29. The van der Waals surface area contributed by atoms with Crippen LogP contribution in [0.4, 0.5) is 8.78 Å². The Morgan fingerprint density at radius 2 is 1.36 bits per heavy atom. The number of hydrogen-bond acceptors (Lipinski definition) is 1. The lowest BCUT2D eigenvalue weighted by Gasteiger charge is -2.26. The molecule has 25 heavy (non-hydrogen) atoms. The number of aryl methyl sites for hydroxylation is 2. The van der Waals surface area contributed by atoms with Gasteiger partial charge in [-0.05, 0) is 66.3 Å². The average molecular weight is 361 g/mol. The first-order chi connectivity index (χ1) is 12.1. The summed E-state index contributed by atoms with van der Waals surface area (Å²) in [5.74, 6) is -0.720. The molecule has 0 saturated heterocycles. The molecule has 0 heterocycles. The lowest BCUT2D eigenvalue weighted by molar-refractivity contribution is 0.252. The van der Waals surface area contributed by atoms with Crippen LogP contribution in [-0.2, 0) is 12.8 Å². The van der Waals surface area contributed by atoms with Gasteiger partial charge in [0.1, 0.15) is 0 Å². The highest BCUT2D eigenvalue weighted by molar-refractivity contribution is 7.99. The van der Waals surface area contributed by atoms with E-state index in [0.29, 0.717) is 16.7 Å². The first-order valence-corrected chi connectivity index (χ1v) is 10.1. The number of hydrogen-bond donors (Lipinski definition) is 0. The molecule has 0 radical (unpaired) electrons. The molecule has 0 atom stereocenters. The maximum atomic E-state index is 12.3. The van der Waals surface area contributed by atoms with Gasteiger partial charge in [0.05, 0.1) is 0 Å². The molecule has 1 aliphatic rings. The van der Waals surface area contributed by atoms with E-state index in [4.69, 9.17) is 0 Å². The second-order valence-electron chi connectivity index (χ2n) is 7.22. The fourth-order valence-corrected chi connectivity index (χ4v) is 4.18. The van der Waals surface area contributed by atoms with Gasteiger partial charge in [0.25, 0.3) is 5.76 Å². The van der Waals surface area contributed by atoms with Crippen molar-refractivity contribution in [2.45, 2.75) is 62.0 Å². The van der Waals surface area contributed by atoms with Crippen LogP contribution in [0.1, 0.15) is 55.2 Å². The Morgan fingerprint density at radius 3 is 1.88 bits per heavy atom. The zero-order valence-corrected chi connectivity index (χ0v) is 15.6. The number of benzene rings is 2. The topological polar surface area (TPSA) is 0 Å². The number of thioether (sulfide) groups is 1. The molecule has 1 saturated carbocycles. The molecular weight excluding hydrogens is 334 g/mol. The van der Waals surface area contributed by atoms with Crippen molar-refractivity contribution < 1.29 is 8.78 Å². The van der Waals surface area contributed by atoms with Crippen molar-refractivity contribution in [1.29, 1.82) is 0 Å². The van der Waals surface area contributed by atoms with Crippen molar-refractivity contribution in [2.75, 3.05) is 0 Å². The van der Waals surface area contributed by atoms with Crippen LogP contribution in [-0.4, -0.2) is 5.76 Å². The van der Waals surface area contributed by atoms with E-state index in [1.54, 1.807) is 12.1 Å². The van der Waals surface area contributed by atoms with E-state index in [1.807, 2.05) is 12.1 Å². The van der Waals surface area contributed by atoms with Crippen molar-refractivity contribution in [3.8, 4) is 0 Å². The van der Waals surface area contributed by atoms with Gasteiger partial charge in [-0.15, -0.1) is 0 Å². The molecule has 0 bridgehead atoms. The molecule has 0 spiro atoms. The molecule has 3 rings (SSSR count). The third-order valence-corrected chi connectivity index (χ3v) is 6.04. The summed E-state index contributed by atoms with van der Waals surface area (Å²) in [6.45, 7) is 2.36. The molecule has 0 nitrogen and oxygen atoms in total. The summed E-state index contributed by atoms with van der Waals surface area (Å²) in [5.41, 5.74) is 4.03. The highest BCUT2D eigenvalue weighted by Gasteiger charge is 2.19. The Labute approximate surface area is 154 Å². The summed E-state index contributed by atoms with van der Waals surface area (Å²) < 4.78 is 24.7. The van der Waals surface area contributed by atoms with Gasteiger partial charge < -0.3 is 0 Å². The molecule has 1 aliphatic carbocycles. The van der Waals surface area contributed by atoms with E-state index in [2.05, 4.69) is 31.2 Å². The van der Waals surface area contributed by atoms with Crippen LogP contribution in [0.15, 0.2) is 53.4 Å². The standard InChI is InChI=1S/C22H26F2S/c1-16-2-10-19(11-3-16)20-12-6-17(7-13-20)4-5-18-8-14-21(15-9-18)25-22(23)24/h6-9,12-16,19,22H,2-5,10-11H2,1H3/t16-,19-. The summed E-state index contributed by atoms with van der Waals surface area (Å²) in [5, 5.41) is 0. The third-order valence-electron chi connectivity index (χ3n) is 5.32. The number of alkyl halides is 2. The Balaban J connectivity index is 1.51. The first-order valence-electron chi connectivity index (χ1n) is 9.23. The molecule has 0 aromatic heterocycles. The zero-order chi connectivity index (χ0) is 17.6. The van der Waals surface area contributed by atoms with Gasteiger partial charge in [0, 0.05) is 4.90 Å². The number of rotatable bonds is 6. The lowest BCUT2D eigenvalue weighted by Crippen LogP contribution is -2.10. The van der Waals surface area contributed by atoms with Crippen molar-refractivity contribution in [1.82, 2.24) is 0 Å². The van der Waals surface area contributed by atoms with E-state index in [-0.39, 0.29) is 0 Å². The van der Waals surface area contributed by atoms with Crippen LogP contribution in [0, 0.1) is 5.92 Å². The maximum Gasteiger partial charge on any atom is 0.288 e. The van der Waals surface area contributed by atoms with Crippen molar-refractivity contribution >= 4 is 11.8 Å². The average Bonchev–Trinajstić information content (AvgIpc) is 2.62. The molecule has 1 fully saturated rings. The Bertz CT molecular complexity index is 641. The van der Waals surface area contributed by atoms with Gasteiger partial charge in [-0.25, -0.2) is 0 Å². The summed E-state index contributed by atoms with van der Waals surface area (Å²) in [4.78, 5) is 0.630. The van der Waals surface area contributed by atoms with Crippen LogP contribution in [0.25, 0.3) is 0 Å². The van der Waals surface area contributed by atoms with E-state index in [0.717, 1.165) is 24.7 Å². The molecular formula is C22H26F2S. The van der Waals surface area contributed by atoms with Gasteiger partial charge in [-0.3, -0.25) is 0 Å². The minimum Gasteiger partial charge on any atom is -0.198 e. The smallest absolute Gasteiger partial charge is 0.198 e. The Hall–Kier alpha value is -1.35. The Morgan fingerprint density at radius 1 is 0.840 bits per heavy atom. The maximum absolute atomic E-state index is 12.3. The monoisotopic (exact) mass is 360 g/mol. The van der Waals surface area contributed by atoms with Gasteiger partial charge >= 0.3 is 0 Å². The third kappa shape index (κ3) is 5.57. The van der Waals surface area contributed by atoms with Crippen LogP contribution in [0.3, 0.4) is 0 Å². The summed E-state index contributed by atoms with van der Waals surface area (Å²) in [6, 6.07) is 16.6. The Kier molecular flexibility index (Phi) is 6.52. The largest absolute Gasteiger partial charge is 0.288 e. The molecule has 0 aliphatic heterocycles. The number of halogens is 2. The zero-order valence-electron chi connectivity index (χ0n) is 14.8. The molecule has 2 aromatic rings. The second kappa shape index (κ2) is 8.84. The molecule has 3 heteroatoms. The van der Waals surface area contributed by atoms with E-state index < -0.39 is 5.76 Å². The molecule has 134 valence electrons. The molecule has 0 unspecified atom stereocenters. The van der Waals surface area contributed by atoms with Crippen molar-refractivity contribution in [3.05, 3.63) is 65.2 Å². The van der Waals surface area contributed by atoms with Gasteiger partial charge in [-0.1, -0.05) is 67.9 Å². The fraction of sp³-hybridized carbons (Fsp3) is 0.455. The second-order valence-corrected chi connectivity index (χ2v) is 8.28. The minimum absolute atomic E-state index is 0.603. The SMILES string of the molecule is C[C@H]1CC[C@H](c2ccc(CCc3ccc(SC(F)F)cc3)cc2)CC1. The highest BCUT2D eigenvalue weighted by Crippen LogP contribution is 2.35. The predicted molar refractivity (Wildman–Crippen MR) is 103 cm³/mol. The van der Waals surface area contributed by atoms with Gasteiger partial charge in [0.15, 0.2) is 0 Å². The van der Waals surface area contributed by atoms with Crippen LogP contribution in [0.2, 0.25) is 0 Å². The summed E-state index contributed by atoms with van der Waals surface area (Å²) >= 11 is 0.603. The van der Waals surface area contributed by atoms with E-state index in [1.165, 1.54) is 42.4 Å². The van der Waals surface area contributed by atoms with Gasteiger partial charge in [0.2, 0.25) is 0 Å². The highest BCUT2D eigenvalue weighted by atomic mass is 32.2. The predicted octanol–water partition coefficient (Wildman–Crippen LogP) is 7.08. The van der Waals surface area contributed by atoms with Crippen molar-refractivity contribution in [2.24, 2.45) is 5.92 Å². The minimum atomic E-state index is -2.35.